The predicted octanol–water partition coefficient (Wildman–Crippen LogP) is 2.04. The second-order valence-corrected chi connectivity index (χ2v) is 6.80. The van der Waals surface area contributed by atoms with E-state index in [4.69, 9.17) is 0 Å². The Balaban J connectivity index is 1.56. The summed E-state index contributed by atoms with van der Waals surface area (Å²) >= 11 is 1.52. The highest BCUT2D eigenvalue weighted by Gasteiger charge is 2.29. The first-order chi connectivity index (χ1) is 11.5. The first-order valence-corrected chi connectivity index (χ1v) is 8.75. The zero-order valence-electron chi connectivity index (χ0n) is 12.9. The third-order valence-corrected chi connectivity index (χ3v) is 5.02. The molecule has 2 heterocycles. The molecule has 1 aromatic rings. The number of carbonyl (C=O) groups excluding carboxylic acids is 2. The van der Waals surface area contributed by atoms with E-state index in [0.717, 1.165) is 24.4 Å². The number of thioether (sulfide) groups is 1. The number of amidine groups is 1. The SMILES string of the molecule is O=C(NC1=NCCS1)C1CCN(C(=O)c2ccc(F)cc2F)CC1. The van der Waals surface area contributed by atoms with Gasteiger partial charge in [0, 0.05) is 30.8 Å². The average molecular weight is 353 g/mol. The van der Waals surface area contributed by atoms with Crippen molar-refractivity contribution in [2.24, 2.45) is 10.9 Å². The molecule has 1 saturated heterocycles. The van der Waals surface area contributed by atoms with Crippen LogP contribution in [0.2, 0.25) is 0 Å². The lowest BCUT2D eigenvalue weighted by Gasteiger charge is -2.31. The van der Waals surface area contributed by atoms with E-state index in [1.165, 1.54) is 16.7 Å². The number of aliphatic imine (C=N–C) groups is 1. The van der Waals surface area contributed by atoms with Crippen LogP contribution in [0.4, 0.5) is 8.78 Å². The summed E-state index contributed by atoms with van der Waals surface area (Å²) in [6, 6.07) is 2.92. The number of likely N-dealkylation sites (tertiary alicyclic amines) is 1. The van der Waals surface area contributed by atoms with Gasteiger partial charge in [-0.15, -0.1) is 0 Å². The Morgan fingerprint density at radius 2 is 2.00 bits per heavy atom. The molecule has 2 aliphatic rings. The van der Waals surface area contributed by atoms with Crippen molar-refractivity contribution < 1.29 is 18.4 Å². The molecular formula is C16H17F2N3O2S. The molecule has 1 fully saturated rings. The molecule has 128 valence electrons. The lowest BCUT2D eigenvalue weighted by atomic mass is 9.95. The normalized spacial score (nSPS) is 18.4. The van der Waals surface area contributed by atoms with Gasteiger partial charge in [0.25, 0.3) is 5.91 Å². The standard InChI is InChI=1S/C16H17F2N3O2S/c17-11-1-2-12(13(18)9-11)15(23)21-6-3-10(4-7-21)14(22)20-16-19-5-8-24-16/h1-2,9-10H,3-8H2,(H,19,20,22). The van der Waals surface area contributed by atoms with Crippen LogP contribution in [0, 0.1) is 17.6 Å². The fraction of sp³-hybridized carbons (Fsp3) is 0.438. The second kappa shape index (κ2) is 7.29. The number of carbonyl (C=O) groups is 2. The van der Waals surface area contributed by atoms with Crippen LogP contribution in [-0.2, 0) is 4.79 Å². The monoisotopic (exact) mass is 353 g/mol. The molecule has 2 aliphatic heterocycles. The summed E-state index contributed by atoms with van der Waals surface area (Å²) in [7, 11) is 0. The van der Waals surface area contributed by atoms with Crippen molar-refractivity contribution in [2.75, 3.05) is 25.4 Å². The number of amides is 2. The molecule has 1 N–H and O–H groups in total. The van der Waals surface area contributed by atoms with Crippen molar-refractivity contribution >= 4 is 28.7 Å². The number of hydrogen-bond donors (Lipinski definition) is 1. The lowest BCUT2D eigenvalue weighted by Crippen LogP contribution is -2.44. The summed E-state index contributed by atoms with van der Waals surface area (Å²) in [5, 5.41) is 3.47. The molecule has 5 nitrogen and oxygen atoms in total. The molecule has 0 unspecified atom stereocenters. The van der Waals surface area contributed by atoms with Gasteiger partial charge in [-0.05, 0) is 25.0 Å². The molecule has 2 amide bonds. The molecule has 1 aromatic carbocycles. The first-order valence-electron chi connectivity index (χ1n) is 7.77. The van der Waals surface area contributed by atoms with Gasteiger partial charge in [-0.25, -0.2) is 8.78 Å². The molecule has 3 rings (SSSR count). The van der Waals surface area contributed by atoms with E-state index in [9.17, 15) is 18.4 Å². The highest BCUT2D eigenvalue weighted by atomic mass is 32.2. The molecule has 8 heteroatoms. The second-order valence-electron chi connectivity index (χ2n) is 5.72. The Hall–Kier alpha value is -1.96. The summed E-state index contributed by atoms with van der Waals surface area (Å²) in [6.45, 7) is 1.46. The van der Waals surface area contributed by atoms with Gasteiger partial charge in [0.2, 0.25) is 5.91 Å². The molecular weight excluding hydrogens is 336 g/mol. The summed E-state index contributed by atoms with van der Waals surface area (Å²) in [5.74, 6) is -1.43. The number of nitrogens with zero attached hydrogens (tertiary/aromatic N) is 2. The van der Waals surface area contributed by atoms with E-state index in [0.29, 0.717) is 37.2 Å². The maximum Gasteiger partial charge on any atom is 0.256 e. The molecule has 0 bridgehead atoms. The quantitative estimate of drug-likeness (QED) is 0.885. The van der Waals surface area contributed by atoms with Crippen molar-refractivity contribution in [1.29, 1.82) is 0 Å². The molecule has 0 aromatic heterocycles. The van der Waals surface area contributed by atoms with Crippen molar-refractivity contribution in [2.45, 2.75) is 12.8 Å². The van der Waals surface area contributed by atoms with Gasteiger partial charge in [0.1, 0.15) is 11.6 Å². The van der Waals surface area contributed by atoms with Crippen LogP contribution >= 0.6 is 11.8 Å². The van der Waals surface area contributed by atoms with Crippen LogP contribution in [0.5, 0.6) is 0 Å². The van der Waals surface area contributed by atoms with Crippen molar-refractivity contribution in [1.82, 2.24) is 10.2 Å². The third kappa shape index (κ3) is 3.75. The number of halogens is 2. The van der Waals surface area contributed by atoms with Crippen LogP contribution in [0.25, 0.3) is 0 Å². The number of nitrogens with one attached hydrogen (secondary N) is 1. The molecule has 0 spiro atoms. The van der Waals surface area contributed by atoms with Gasteiger partial charge in [0.05, 0.1) is 12.1 Å². The van der Waals surface area contributed by atoms with Crippen LogP contribution in [0.3, 0.4) is 0 Å². The number of piperidine rings is 1. The smallest absolute Gasteiger partial charge is 0.256 e. The van der Waals surface area contributed by atoms with Crippen LogP contribution in [-0.4, -0.2) is 47.3 Å². The summed E-state index contributed by atoms with van der Waals surface area (Å²) in [6.07, 6.45) is 1.02. The zero-order chi connectivity index (χ0) is 17.1. The highest BCUT2D eigenvalue weighted by Crippen LogP contribution is 2.21. The lowest BCUT2D eigenvalue weighted by molar-refractivity contribution is -0.124. The highest BCUT2D eigenvalue weighted by molar-refractivity contribution is 8.14. The van der Waals surface area contributed by atoms with Crippen LogP contribution < -0.4 is 5.32 Å². The Kier molecular flexibility index (Phi) is 5.13. The third-order valence-electron chi connectivity index (χ3n) is 4.13. The Bertz CT molecular complexity index is 688. The largest absolute Gasteiger partial charge is 0.339 e. The Labute approximate surface area is 142 Å². The number of rotatable bonds is 2. The minimum absolute atomic E-state index is 0.0804. The van der Waals surface area contributed by atoms with Gasteiger partial charge < -0.3 is 10.2 Å². The van der Waals surface area contributed by atoms with Crippen molar-refractivity contribution in [3.8, 4) is 0 Å². The average Bonchev–Trinajstić information content (AvgIpc) is 3.07. The minimum atomic E-state index is -0.865. The predicted molar refractivity (Wildman–Crippen MR) is 87.9 cm³/mol. The topological polar surface area (TPSA) is 61.8 Å². The maximum atomic E-state index is 13.7. The zero-order valence-corrected chi connectivity index (χ0v) is 13.7. The summed E-state index contributed by atoms with van der Waals surface area (Å²) in [5.41, 5.74) is -0.143. The fourth-order valence-electron chi connectivity index (χ4n) is 2.80. The van der Waals surface area contributed by atoms with E-state index in [2.05, 4.69) is 10.3 Å². The van der Waals surface area contributed by atoms with E-state index >= 15 is 0 Å². The maximum absolute atomic E-state index is 13.7. The van der Waals surface area contributed by atoms with Gasteiger partial charge in [-0.3, -0.25) is 14.6 Å². The fourth-order valence-corrected chi connectivity index (χ4v) is 3.53. The first kappa shape index (κ1) is 16.9. The molecule has 24 heavy (non-hydrogen) atoms. The molecule has 0 atom stereocenters. The number of hydrogen-bond acceptors (Lipinski definition) is 4. The Morgan fingerprint density at radius 1 is 1.25 bits per heavy atom. The number of benzene rings is 1. The van der Waals surface area contributed by atoms with E-state index < -0.39 is 17.5 Å². The van der Waals surface area contributed by atoms with Crippen LogP contribution in [0.15, 0.2) is 23.2 Å². The van der Waals surface area contributed by atoms with Gasteiger partial charge in [-0.2, -0.15) is 0 Å². The van der Waals surface area contributed by atoms with E-state index in [1.807, 2.05) is 0 Å². The van der Waals surface area contributed by atoms with Gasteiger partial charge >= 0.3 is 0 Å². The van der Waals surface area contributed by atoms with Crippen molar-refractivity contribution in [3.63, 3.8) is 0 Å². The van der Waals surface area contributed by atoms with E-state index in [1.54, 1.807) is 0 Å². The van der Waals surface area contributed by atoms with Crippen LogP contribution in [0.1, 0.15) is 23.2 Å². The Morgan fingerprint density at radius 3 is 2.62 bits per heavy atom. The molecule has 0 aliphatic carbocycles. The van der Waals surface area contributed by atoms with Crippen molar-refractivity contribution in [3.05, 3.63) is 35.4 Å². The summed E-state index contributed by atoms with van der Waals surface area (Å²) in [4.78, 5) is 30.2. The minimum Gasteiger partial charge on any atom is -0.339 e. The van der Waals surface area contributed by atoms with E-state index in [-0.39, 0.29) is 17.4 Å². The molecule has 0 radical (unpaired) electrons. The van der Waals surface area contributed by atoms with Gasteiger partial charge in [0.15, 0.2) is 5.17 Å². The van der Waals surface area contributed by atoms with Gasteiger partial charge in [-0.1, -0.05) is 11.8 Å². The summed E-state index contributed by atoms with van der Waals surface area (Å²) < 4.78 is 26.7. The molecule has 0 saturated carbocycles.